The van der Waals surface area contributed by atoms with E-state index in [0.29, 0.717) is 21.8 Å². The monoisotopic (exact) mass is 392 g/mol. The van der Waals surface area contributed by atoms with E-state index in [0.717, 1.165) is 0 Å². The van der Waals surface area contributed by atoms with Crippen LogP contribution in [0.25, 0.3) is 0 Å². The van der Waals surface area contributed by atoms with Crippen molar-refractivity contribution in [2.75, 3.05) is 19.8 Å². The van der Waals surface area contributed by atoms with Crippen LogP contribution in [0.15, 0.2) is 22.7 Å². The summed E-state index contributed by atoms with van der Waals surface area (Å²) in [5, 5.41) is 4.88. The van der Waals surface area contributed by atoms with Crippen LogP contribution in [0, 0.1) is 0 Å². The fourth-order valence-corrected chi connectivity index (χ4v) is 2.08. The maximum atomic E-state index is 11.4. The summed E-state index contributed by atoms with van der Waals surface area (Å²) in [6.45, 7) is 1.13. The zero-order valence-electron chi connectivity index (χ0n) is 11.7. The Hall–Kier alpha value is -1.80. The number of benzene rings is 1. The lowest BCUT2D eigenvalue weighted by molar-refractivity contribution is -0.150. The van der Waals surface area contributed by atoms with E-state index in [4.69, 9.17) is 16.3 Å². The van der Waals surface area contributed by atoms with Crippen molar-refractivity contribution in [3.05, 3.63) is 27.7 Å². The largest absolute Gasteiger partial charge is 0.481 e. The SMILES string of the molecule is CCNC(=O)NC(=O)COC(=O)COc1ccc(Cl)cc1Br. The number of carbonyl (C=O) groups is 3. The van der Waals surface area contributed by atoms with E-state index in [-0.39, 0.29) is 6.61 Å². The smallest absolute Gasteiger partial charge is 0.344 e. The van der Waals surface area contributed by atoms with E-state index < -0.39 is 24.5 Å². The molecular weight excluding hydrogens is 380 g/mol. The number of halogens is 2. The second-order valence-electron chi connectivity index (χ2n) is 3.93. The molecule has 0 unspecified atom stereocenters. The quantitative estimate of drug-likeness (QED) is 0.720. The lowest BCUT2D eigenvalue weighted by Crippen LogP contribution is -2.41. The Morgan fingerprint density at radius 2 is 2.00 bits per heavy atom. The summed E-state index contributed by atoms with van der Waals surface area (Å²) >= 11 is 9.01. The lowest BCUT2D eigenvalue weighted by atomic mass is 10.3. The molecule has 0 saturated heterocycles. The van der Waals surface area contributed by atoms with Gasteiger partial charge in [0.25, 0.3) is 5.91 Å². The number of esters is 1. The first kappa shape index (κ1) is 18.2. The van der Waals surface area contributed by atoms with Crippen LogP contribution in [0.2, 0.25) is 5.02 Å². The van der Waals surface area contributed by atoms with Crippen LogP contribution in [0.5, 0.6) is 5.75 Å². The van der Waals surface area contributed by atoms with Gasteiger partial charge in [-0.25, -0.2) is 9.59 Å². The molecule has 0 aliphatic heterocycles. The summed E-state index contributed by atoms with van der Waals surface area (Å²) in [4.78, 5) is 33.8. The molecule has 0 aliphatic rings. The number of urea groups is 1. The van der Waals surface area contributed by atoms with Crippen LogP contribution in [0.4, 0.5) is 4.79 Å². The number of nitrogens with one attached hydrogen (secondary N) is 2. The molecule has 120 valence electrons. The van der Waals surface area contributed by atoms with Crippen molar-refractivity contribution in [3.8, 4) is 5.75 Å². The first-order chi connectivity index (χ1) is 10.4. The minimum Gasteiger partial charge on any atom is -0.481 e. The van der Waals surface area contributed by atoms with Gasteiger partial charge in [-0.1, -0.05) is 11.6 Å². The van der Waals surface area contributed by atoms with Crippen molar-refractivity contribution < 1.29 is 23.9 Å². The zero-order chi connectivity index (χ0) is 16.5. The van der Waals surface area contributed by atoms with Gasteiger partial charge in [-0.05, 0) is 41.1 Å². The zero-order valence-corrected chi connectivity index (χ0v) is 14.0. The van der Waals surface area contributed by atoms with Crippen molar-refractivity contribution in [2.24, 2.45) is 0 Å². The van der Waals surface area contributed by atoms with Crippen molar-refractivity contribution in [1.29, 1.82) is 0 Å². The van der Waals surface area contributed by atoms with Crippen molar-refractivity contribution in [3.63, 3.8) is 0 Å². The number of carbonyl (C=O) groups excluding carboxylic acids is 3. The first-order valence-electron chi connectivity index (χ1n) is 6.23. The highest BCUT2D eigenvalue weighted by Gasteiger charge is 2.11. The summed E-state index contributed by atoms with van der Waals surface area (Å²) in [6.07, 6.45) is 0. The van der Waals surface area contributed by atoms with Gasteiger partial charge in [0, 0.05) is 11.6 Å². The van der Waals surface area contributed by atoms with Gasteiger partial charge < -0.3 is 14.8 Å². The Morgan fingerprint density at radius 3 is 2.64 bits per heavy atom. The van der Waals surface area contributed by atoms with E-state index >= 15 is 0 Å². The maximum absolute atomic E-state index is 11.4. The van der Waals surface area contributed by atoms with E-state index in [1.807, 2.05) is 5.32 Å². The van der Waals surface area contributed by atoms with E-state index in [9.17, 15) is 14.4 Å². The van der Waals surface area contributed by atoms with E-state index in [2.05, 4.69) is 26.0 Å². The number of rotatable bonds is 6. The molecule has 9 heteroatoms. The highest BCUT2D eigenvalue weighted by Crippen LogP contribution is 2.27. The van der Waals surface area contributed by atoms with E-state index in [1.165, 1.54) is 0 Å². The van der Waals surface area contributed by atoms with Crippen molar-refractivity contribution in [2.45, 2.75) is 6.92 Å². The molecule has 22 heavy (non-hydrogen) atoms. The molecule has 0 bridgehead atoms. The molecule has 3 amide bonds. The van der Waals surface area contributed by atoms with Crippen LogP contribution >= 0.6 is 27.5 Å². The van der Waals surface area contributed by atoms with Crippen molar-refractivity contribution in [1.82, 2.24) is 10.6 Å². The molecule has 0 spiro atoms. The summed E-state index contributed by atoms with van der Waals surface area (Å²) in [5.74, 6) is -1.06. The molecule has 0 atom stereocenters. The summed E-state index contributed by atoms with van der Waals surface area (Å²) in [5.41, 5.74) is 0. The van der Waals surface area contributed by atoms with Gasteiger partial charge in [-0.15, -0.1) is 0 Å². The molecule has 7 nitrogen and oxygen atoms in total. The van der Waals surface area contributed by atoms with Gasteiger partial charge in [0.05, 0.1) is 4.47 Å². The standard InChI is InChI=1S/C13H14BrClN2O5/c1-2-16-13(20)17-11(18)6-22-12(19)7-21-10-4-3-8(15)5-9(10)14/h3-5H,2,6-7H2,1H3,(H2,16,17,18,20). The Labute approximate surface area is 140 Å². The number of ether oxygens (including phenoxy) is 2. The van der Waals surface area contributed by atoms with Gasteiger partial charge >= 0.3 is 12.0 Å². The number of hydrogen-bond acceptors (Lipinski definition) is 5. The number of imide groups is 1. The van der Waals surface area contributed by atoms with Crippen LogP contribution in [0.1, 0.15) is 6.92 Å². The van der Waals surface area contributed by atoms with Crippen LogP contribution < -0.4 is 15.4 Å². The Kier molecular flexibility index (Phi) is 7.69. The molecular formula is C13H14BrClN2O5. The second-order valence-corrected chi connectivity index (χ2v) is 5.22. The van der Waals surface area contributed by atoms with E-state index in [1.54, 1.807) is 25.1 Å². The third kappa shape index (κ3) is 6.77. The predicted octanol–water partition coefficient (Wildman–Crippen LogP) is 1.87. The topological polar surface area (TPSA) is 93.7 Å². The molecule has 0 aromatic heterocycles. The predicted molar refractivity (Wildman–Crippen MR) is 82.8 cm³/mol. The molecule has 2 N–H and O–H groups in total. The minimum atomic E-state index is -0.743. The van der Waals surface area contributed by atoms with Crippen molar-refractivity contribution >= 4 is 45.4 Å². The molecule has 0 fully saturated rings. The van der Waals surface area contributed by atoms with Crippen LogP contribution in [-0.2, 0) is 14.3 Å². The molecule has 1 aromatic rings. The van der Waals surface area contributed by atoms with Gasteiger partial charge in [0.2, 0.25) is 0 Å². The highest BCUT2D eigenvalue weighted by atomic mass is 79.9. The maximum Gasteiger partial charge on any atom is 0.344 e. The molecule has 0 saturated carbocycles. The Bertz CT molecular complexity index is 567. The molecule has 0 heterocycles. The van der Waals surface area contributed by atoms with Gasteiger partial charge in [0.15, 0.2) is 13.2 Å². The Morgan fingerprint density at radius 1 is 1.27 bits per heavy atom. The third-order valence-electron chi connectivity index (χ3n) is 2.19. The molecule has 0 radical (unpaired) electrons. The average molecular weight is 394 g/mol. The first-order valence-corrected chi connectivity index (χ1v) is 7.40. The van der Waals surface area contributed by atoms with Gasteiger partial charge in [-0.3, -0.25) is 10.1 Å². The van der Waals surface area contributed by atoms with Crippen LogP contribution in [0.3, 0.4) is 0 Å². The normalized spacial score (nSPS) is 9.77. The fourth-order valence-electron chi connectivity index (χ4n) is 1.28. The van der Waals surface area contributed by atoms with Gasteiger partial charge in [-0.2, -0.15) is 0 Å². The van der Waals surface area contributed by atoms with Gasteiger partial charge in [0.1, 0.15) is 5.75 Å². The summed E-state index contributed by atoms with van der Waals surface area (Å²) in [7, 11) is 0. The second kappa shape index (κ2) is 9.26. The lowest BCUT2D eigenvalue weighted by Gasteiger charge is -2.09. The number of hydrogen-bond donors (Lipinski definition) is 2. The summed E-state index contributed by atoms with van der Waals surface area (Å²) < 4.78 is 10.5. The number of amides is 3. The summed E-state index contributed by atoms with van der Waals surface area (Å²) in [6, 6.07) is 4.15. The fraction of sp³-hybridized carbons (Fsp3) is 0.308. The highest BCUT2D eigenvalue weighted by molar-refractivity contribution is 9.10. The Balaban J connectivity index is 2.31. The van der Waals surface area contributed by atoms with Crippen LogP contribution in [-0.4, -0.2) is 37.7 Å². The average Bonchev–Trinajstić information content (AvgIpc) is 2.44. The minimum absolute atomic E-state index is 0.378. The molecule has 1 rings (SSSR count). The molecule has 1 aromatic carbocycles. The molecule has 0 aliphatic carbocycles. The third-order valence-corrected chi connectivity index (χ3v) is 3.05.